The molecule has 4 heteroatoms. The van der Waals surface area contributed by atoms with E-state index >= 15 is 0 Å². The first-order valence-electron chi connectivity index (χ1n) is 3.87. The second-order valence-electron chi connectivity index (χ2n) is 2.69. The molecule has 70 valence electrons. The number of hydrogen-bond acceptors (Lipinski definition) is 3. The lowest BCUT2D eigenvalue weighted by Crippen LogP contribution is -1.88. The molecule has 0 fully saturated rings. The number of aryl methyl sites for hydroxylation is 1. The lowest BCUT2D eigenvalue weighted by molar-refractivity contribution is 0.393. The third-order valence-electron chi connectivity index (χ3n) is 1.55. The highest BCUT2D eigenvalue weighted by Crippen LogP contribution is 2.33. The van der Waals surface area contributed by atoms with Gasteiger partial charge in [-0.2, -0.15) is 0 Å². The summed E-state index contributed by atoms with van der Waals surface area (Å²) in [7, 11) is -0.0784. The summed E-state index contributed by atoms with van der Waals surface area (Å²) in [5, 5.41) is 0. The molecule has 0 aliphatic rings. The highest BCUT2D eigenvalue weighted by molar-refractivity contribution is 7.38. The van der Waals surface area contributed by atoms with Crippen LogP contribution in [0.3, 0.4) is 0 Å². The normalized spacial score (nSPS) is 10.8. The fourth-order valence-corrected chi connectivity index (χ4v) is 1.42. The Bertz CT molecular complexity index is 323. The zero-order chi connectivity index (χ0) is 9.84. The number of hydrogen-bond donors (Lipinski definition) is 0. The van der Waals surface area contributed by atoms with Crippen LogP contribution in [0.5, 0.6) is 11.5 Å². The van der Waals surface area contributed by atoms with Gasteiger partial charge in [-0.15, -0.1) is 0 Å². The minimum atomic E-state index is -1.64. The molecular weight excluding hydrogens is 187 g/mol. The van der Waals surface area contributed by atoms with Crippen LogP contribution < -0.4 is 9.26 Å². The van der Waals surface area contributed by atoms with E-state index in [1.165, 1.54) is 6.66 Å². The van der Waals surface area contributed by atoms with Crippen molar-refractivity contribution in [2.45, 2.75) is 6.92 Å². The second-order valence-corrected chi connectivity index (χ2v) is 3.75. The molecule has 0 aromatic heterocycles. The van der Waals surface area contributed by atoms with Crippen LogP contribution in [0.15, 0.2) is 18.2 Å². The summed E-state index contributed by atoms with van der Waals surface area (Å²) in [6, 6.07) is 5.48. The lowest BCUT2D eigenvalue weighted by Gasteiger charge is -2.03. The molecule has 1 aromatic rings. The van der Waals surface area contributed by atoms with E-state index in [0.29, 0.717) is 11.5 Å². The summed E-state index contributed by atoms with van der Waals surface area (Å²) >= 11 is 0. The fraction of sp³-hybridized carbons (Fsp3) is 0.333. The van der Waals surface area contributed by atoms with Crippen molar-refractivity contribution in [1.29, 1.82) is 0 Å². The maximum Gasteiger partial charge on any atom is 0.552 e. The molecule has 0 saturated heterocycles. The monoisotopic (exact) mass is 199 g/mol. The molecule has 1 unspecified atom stereocenters. The van der Waals surface area contributed by atoms with Crippen molar-refractivity contribution in [3.8, 4) is 11.5 Å². The van der Waals surface area contributed by atoms with Crippen LogP contribution in [-0.4, -0.2) is 13.8 Å². The molecule has 0 spiro atoms. The topological polar surface area (TPSA) is 35.5 Å². The van der Waals surface area contributed by atoms with E-state index < -0.39 is 8.03 Å². The SMILES string of the molecule is COc1cc(C)ccc1O[P+](C)=O. The number of ether oxygens (including phenoxy) is 1. The lowest BCUT2D eigenvalue weighted by atomic mass is 10.2. The summed E-state index contributed by atoms with van der Waals surface area (Å²) in [6.07, 6.45) is 0. The van der Waals surface area contributed by atoms with Gasteiger partial charge in [-0.05, 0) is 29.2 Å². The molecular formula is C9H12O3P+. The molecule has 0 bridgehead atoms. The Labute approximate surface area is 78.5 Å². The van der Waals surface area contributed by atoms with Crippen LogP contribution in [0.4, 0.5) is 0 Å². The van der Waals surface area contributed by atoms with Crippen molar-refractivity contribution >= 4 is 8.03 Å². The summed E-state index contributed by atoms with van der Waals surface area (Å²) in [6.45, 7) is 3.47. The Morgan fingerprint density at radius 2 is 2.00 bits per heavy atom. The molecule has 0 N–H and O–H groups in total. The predicted molar refractivity (Wildman–Crippen MR) is 51.9 cm³/mol. The van der Waals surface area contributed by atoms with Gasteiger partial charge in [0.1, 0.15) is 0 Å². The Kier molecular flexibility index (Phi) is 3.26. The van der Waals surface area contributed by atoms with Crippen LogP contribution in [0, 0.1) is 6.92 Å². The number of rotatable bonds is 3. The first-order chi connectivity index (χ1) is 6.13. The molecule has 1 aromatic carbocycles. The Morgan fingerprint density at radius 1 is 1.31 bits per heavy atom. The number of benzene rings is 1. The van der Waals surface area contributed by atoms with E-state index in [0.717, 1.165) is 5.56 Å². The molecule has 0 heterocycles. The van der Waals surface area contributed by atoms with Crippen molar-refractivity contribution in [2.24, 2.45) is 0 Å². The average Bonchev–Trinajstić information content (AvgIpc) is 2.07. The van der Waals surface area contributed by atoms with Gasteiger partial charge in [0, 0.05) is 0 Å². The largest absolute Gasteiger partial charge is 0.552 e. The molecule has 0 saturated carbocycles. The first kappa shape index (κ1) is 10.0. The Balaban J connectivity index is 2.99. The average molecular weight is 199 g/mol. The van der Waals surface area contributed by atoms with E-state index in [4.69, 9.17) is 9.26 Å². The van der Waals surface area contributed by atoms with Gasteiger partial charge >= 0.3 is 8.03 Å². The van der Waals surface area contributed by atoms with Crippen molar-refractivity contribution in [3.63, 3.8) is 0 Å². The maximum absolute atomic E-state index is 10.8. The van der Waals surface area contributed by atoms with Crippen molar-refractivity contribution < 1.29 is 13.8 Å². The van der Waals surface area contributed by atoms with Crippen LogP contribution in [0.2, 0.25) is 0 Å². The fourth-order valence-electron chi connectivity index (χ4n) is 0.989. The molecule has 0 aliphatic heterocycles. The van der Waals surface area contributed by atoms with Gasteiger partial charge in [0.15, 0.2) is 12.4 Å². The Morgan fingerprint density at radius 3 is 2.54 bits per heavy atom. The quantitative estimate of drug-likeness (QED) is 0.702. The van der Waals surface area contributed by atoms with E-state index in [1.54, 1.807) is 13.2 Å². The van der Waals surface area contributed by atoms with Gasteiger partial charge in [-0.1, -0.05) is 6.07 Å². The van der Waals surface area contributed by atoms with Gasteiger partial charge in [0.25, 0.3) is 0 Å². The summed E-state index contributed by atoms with van der Waals surface area (Å²) in [5.74, 6) is 1.14. The molecule has 1 rings (SSSR count). The third kappa shape index (κ3) is 2.71. The van der Waals surface area contributed by atoms with Gasteiger partial charge in [-0.25, -0.2) is 0 Å². The Hall–Kier alpha value is -1.08. The molecule has 0 aliphatic carbocycles. The van der Waals surface area contributed by atoms with Crippen molar-refractivity contribution in [1.82, 2.24) is 0 Å². The van der Waals surface area contributed by atoms with Crippen molar-refractivity contribution in [2.75, 3.05) is 13.8 Å². The van der Waals surface area contributed by atoms with E-state index in [-0.39, 0.29) is 0 Å². The third-order valence-corrected chi connectivity index (χ3v) is 2.00. The molecule has 1 atom stereocenters. The van der Waals surface area contributed by atoms with Gasteiger partial charge in [0.2, 0.25) is 5.75 Å². The van der Waals surface area contributed by atoms with E-state index in [9.17, 15) is 4.57 Å². The van der Waals surface area contributed by atoms with Gasteiger partial charge in [-0.3, -0.25) is 4.52 Å². The summed E-state index contributed by atoms with van der Waals surface area (Å²) in [5.41, 5.74) is 1.08. The van der Waals surface area contributed by atoms with E-state index in [2.05, 4.69) is 0 Å². The van der Waals surface area contributed by atoms with E-state index in [1.807, 2.05) is 19.1 Å². The van der Waals surface area contributed by atoms with Crippen LogP contribution in [-0.2, 0) is 4.57 Å². The second kappa shape index (κ2) is 4.24. The standard InChI is InChI=1S/C9H12O3P/c1-7-4-5-8(12-13(3)10)9(6-7)11-2/h4-6H,1-3H3/q+1. The van der Waals surface area contributed by atoms with Crippen molar-refractivity contribution in [3.05, 3.63) is 23.8 Å². The minimum Gasteiger partial charge on any atom is -0.493 e. The minimum absolute atomic E-state index is 0.525. The molecule has 0 radical (unpaired) electrons. The number of methoxy groups -OCH3 is 1. The highest BCUT2D eigenvalue weighted by Gasteiger charge is 2.14. The zero-order valence-electron chi connectivity index (χ0n) is 7.90. The van der Waals surface area contributed by atoms with Crippen LogP contribution in [0.1, 0.15) is 5.56 Å². The van der Waals surface area contributed by atoms with Gasteiger partial charge in [0.05, 0.1) is 7.11 Å². The zero-order valence-corrected chi connectivity index (χ0v) is 8.80. The molecule has 0 amide bonds. The van der Waals surface area contributed by atoms with Gasteiger partial charge < -0.3 is 4.74 Å². The predicted octanol–water partition coefficient (Wildman–Crippen LogP) is 2.75. The molecule has 13 heavy (non-hydrogen) atoms. The van der Waals surface area contributed by atoms with Crippen LogP contribution >= 0.6 is 8.03 Å². The summed E-state index contributed by atoms with van der Waals surface area (Å²) < 4.78 is 21.0. The molecule has 3 nitrogen and oxygen atoms in total. The summed E-state index contributed by atoms with van der Waals surface area (Å²) in [4.78, 5) is 0. The smallest absolute Gasteiger partial charge is 0.493 e. The van der Waals surface area contributed by atoms with Crippen LogP contribution in [0.25, 0.3) is 0 Å². The maximum atomic E-state index is 10.8. The first-order valence-corrected chi connectivity index (χ1v) is 5.49. The highest BCUT2D eigenvalue weighted by atomic mass is 31.1.